The number of hydrogen-bond donors (Lipinski definition) is 2. The zero-order valence-corrected chi connectivity index (χ0v) is 15.7. The number of aromatic carboxylic acids is 1. The minimum Gasteiger partial charge on any atom is -0.507 e. The summed E-state index contributed by atoms with van der Waals surface area (Å²) in [6.07, 6.45) is 1.56. The molecule has 2 N–H and O–H groups in total. The summed E-state index contributed by atoms with van der Waals surface area (Å²) in [5.41, 5.74) is 1.89. The topological polar surface area (TPSA) is 107 Å². The quantitative estimate of drug-likeness (QED) is 0.530. The third-order valence-electron chi connectivity index (χ3n) is 4.23. The lowest BCUT2D eigenvalue weighted by Gasteiger charge is -2.07. The molecule has 4 rings (SSSR count). The van der Waals surface area contributed by atoms with Gasteiger partial charge in [-0.3, -0.25) is 4.57 Å². The lowest BCUT2D eigenvalue weighted by molar-refractivity contribution is 0.0702. The van der Waals surface area contributed by atoms with Gasteiger partial charge in [-0.1, -0.05) is 23.5 Å². The van der Waals surface area contributed by atoms with Gasteiger partial charge >= 0.3 is 5.97 Å². The average molecular weight is 397 g/mol. The van der Waals surface area contributed by atoms with Crippen molar-refractivity contribution in [1.82, 2.24) is 14.5 Å². The third-order valence-corrected chi connectivity index (χ3v) is 5.27. The first kappa shape index (κ1) is 17.8. The molecule has 0 bridgehead atoms. The second-order valence-electron chi connectivity index (χ2n) is 5.81. The summed E-state index contributed by atoms with van der Waals surface area (Å²) in [5.74, 6) is -0.0948. The van der Waals surface area contributed by atoms with E-state index in [1.165, 1.54) is 13.2 Å². The van der Waals surface area contributed by atoms with E-state index < -0.39 is 5.97 Å². The number of para-hydroxylation sites is 1. The molecule has 2 aromatic heterocycles. The Morgan fingerprint density at radius 1 is 1.14 bits per heavy atom. The zero-order valence-electron chi connectivity index (χ0n) is 14.9. The molecule has 2 aromatic carbocycles. The SMILES string of the molecule is COc1cc2ncn(-c3nc(-c4ccccc4O)c(C(=O)O)s3)c2cc1OC. The number of hydrogen-bond acceptors (Lipinski definition) is 7. The van der Waals surface area contributed by atoms with E-state index in [0.29, 0.717) is 33.2 Å². The number of carbonyl (C=O) groups is 1. The number of fused-ring (bicyclic) bond motifs is 1. The number of methoxy groups -OCH3 is 2. The number of carboxylic acid groups (broad SMARTS) is 1. The van der Waals surface area contributed by atoms with Crippen molar-refractivity contribution in [2.45, 2.75) is 0 Å². The lowest BCUT2D eigenvalue weighted by Crippen LogP contribution is -1.95. The maximum absolute atomic E-state index is 11.8. The van der Waals surface area contributed by atoms with Crippen LogP contribution in [0.25, 0.3) is 27.4 Å². The fourth-order valence-electron chi connectivity index (χ4n) is 2.90. The van der Waals surface area contributed by atoms with Gasteiger partial charge in [0.25, 0.3) is 0 Å². The minimum absolute atomic E-state index is 0.0267. The first-order chi connectivity index (χ1) is 13.5. The van der Waals surface area contributed by atoms with Gasteiger partial charge in [0.1, 0.15) is 22.6 Å². The van der Waals surface area contributed by atoms with Crippen LogP contribution in [0.15, 0.2) is 42.7 Å². The number of aromatic nitrogens is 3. The number of thiazole rings is 1. The van der Waals surface area contributed by atoms with Crippen molar-refractivity contribution < 1.29 is 24.5 Å². The summed E-state index contributed by atoms with van der Waals surface area (Å²) in [6, 6.07) is 9.98. The number of rotatable bonds is 5. The lowest BCUT2D eigenvalue weighted by atomic mass is 10.1. The van der Waals surface area contributed by atoms with Crippen molar-refractivity contribution >= 4 is 28.3 Å². The van der Waals surface area contributed by atoms with Crippen LogP contribution in [-0.4, -0.2) is 44.9 Å². The molecule has 0 aliphatic rings. The van der Waals surface area contributed by atoms with Crippen LogP contribution in [0.2, 0.25) is 0 Å². The Labute approximate surface area is 163 Å². The highest BCUT2D eigenvalue weighted by Crippen LogP contribution is 2.37. The molecule has 0 saturated heterocycles. The Balaban J connectivity index is 1.92. The number of phenolic OH excluding ortho intramolecular Hbond substituents is 1. The normalized spacial score (nSPS) is 10.9. The summed E-state index contributed by atoms with van der Waals surface area (Å²) >= 11 is 0.996. The van der Waals surface area contributed by atoms with Gasteiger partial charge in [-0.2, -0.15) is 0 Å². The van der Waals surface area contributed by atoms with Gasteiger partial charge in [0, 0.05) is 17.7 Å². The maximum Gasteiger partial charge on any atom is 0.348 e. The molecule has 142 valence electrons. The fourth-order valence-corrected chi connectivity index (χ4v) is 3.80. The number of aromatic hydroxyl groups is 1. The van der Waals surface area contributed by atoms with Crippen LogP contribution in [0.5, 0.6) is 17.2 Å². The van der Waals surface area contributed by atoms with E-state index in [-0.39, 0.29) is 16.3 Å². The molecule has 0 amide bonds. The number of carboxylic acids is 1. The molecule has 0 atom stereocenters. The number of benzene rings is 2. The molecular weight excluding hydrogens is 382 g/mol. The molecule has 2 heterocycles. The van der Waals surface area contributed by atoms with Gasteiger partial charge in [0.05, 0.1) is 25.3 Å². The molecule has 0 unspecified atom stereocenters. The van der Waals surface area contributed by atoms with Crippen LogP contribution >= 0.6 is 11.3 Å². The molecule has 0 spiro atoms. The number of phenols is 1. The predicted octanol–water partition coefficient (Wildman–Crippen LogP) is 3.57. The zero-order chi connectivity index (χ0) is 19.8. The molecule has 8 nitrogen and oxygen atoms in total. The Morgan fingerprint density at radius 3 is 2.54 bits per heavy atom. The Kier molecular flexibility index (Phi) is 4.36. The van der Waals surface area contributed by atoms with E-state index >= 15 is 0 Å². The van der Waals surface area contributed by atoms with E-state index in [2.05, 4.69) is 9.97 Å². The summed E-state index contributed by atoms with van der Waals surface area (Å²) in [6.45, 7) is 0. The standard InChI is InChI=1S/C19H15N3O5S/c1-26-14-7-11-12(8-15(14)27-2)22(9-20-11)19-21-16(17(28-19)18(24)25)10-5-3-4-6-13(10)23/h3-9,23H,1-2H3,(H,24,25). The van der Waals surface area contributed by atoms with Gasteiger partial charge in [-0.05, 0) is 12.1 Å². The van der Waals surface area contributed by atoms with Gasteiger partial charge in [0.15, 0.2) is 16.6 Å². The van der Waals surface area contributed by atoms with E-state index in [4.69, 9.17) is 9.47 Å². The molecule has 0 radical (unpaired) electrons. The minimum atomic E-state index is -1.12. The molecule has 0 saturated carbocycles. The molecule has 0 fully saturated rings. The maximum atomic E-state index is 11.8. The summed E-state index contributed by atoms with van der Waals surface area (Å²) in [7, 11) is 3.08. The van der Waals surface area contributed by atoms with Crippen LogP contribution in [0.3, 0.4) is 0 Å². The predicted molar refractivity (Wildman–Crippen MR) is 104 cm³/mol. The molecule has 28 heavy (non-hydrogen) atoms. The van der Waals surface area contributed by atoms with Crippen LogP contribution in [-0.2, 0) is 0 Å². The van der Waals surface area contributed by atoms with Gasteiger partial charge in [-0.25, -0.2) is 14.8 Å². The number of ether oxygens (including phenoxy) is 2. The van der Waals surface area contributed by atoms with Crippen LogP contribution in [0.4, 0.5) is 0 Å². The highest BCUT2D eigenvalue weighted by atomic mass is 32.1. The van der Waals surface area contributed by atoms with Crippen molar-refractivity contribution in [3.63, 3.8) is 0 Å². The van der Waals surface area contributed by atoms with E-state index in [1.54, 1.807) is 48.3 Å². The summed E-state index contributed by atoms with van der Waals surface area (Å²) in [5, 5.41) is 20.2. The molecule has 9 heteroatoms. The van der Waals surface area contributed by atoms with Crippen molar-refractivity contribution in [1.29, 1.82) is 0 Å². The summed E-state index contributed by atoms with van der Waals surface area (Å²) in [4.78, 5) is 20.6. The van der Waals surface area contributed by atoms with Crippen LogP contribution in [0.1, 0.15) is 9.67 Å². The van der Waals surface area contributed by atoms with E-state index in [1.807, 2.05) is 0 Å². The smallest absolute Gasteiger partial charge is 0.348 e. The monoisotopic (exact) mass is 397 g/mol. The van der Waals surface area contributed by atoms with Crippen LogP contribution < -0.4 is 9.47 Å². The Bertz CT molecular complexity index is 1200. The van der Waals surface area contributed by atoms with Gasteiger partial charge < -0.3 is 19.7 Å². The van der Waals surface area contributed by atoms with Crippen LogP contribution in [0, 0.1) is 0 Å². The van der Waals surface area contributed by atoms with E-state index in [9.17, 15) is 15.0 Å². The molecular formula is C19H15N3O5S. The molecule has 0 aliphatic carbocycles. The average Bonchev–Trinajstić information content (AvgIpc) is 3.31. The van der Waals surface area contributed by atoms with Crippen molar-refractivity contribution in [2.75, 3.05) is 14.2 Å². The number of nitrogens with zero attached hydrogens (tertiary/aromatic N) is 3. The second kappa shape index (κ2) is 6.86. The molecule has 0 aliphatic heterocycles. The van der Waals surface area contributed by atoms with E-state index in [0.717, 1.165) is 11.3 Å². The molecule has 4 aromatic rings. The Hall–Kier alpha value is -3.59. The highest BCUT2D eigenvalue weighted by molar-refractivity contribution is 7.16. The fraction of sp³-hybridized carbons (Fsp3) is 0.105. The Morgan fingerprint density at radius 2 is 1.86 bits per heavy atom. The summed E-state index contributed by atoms with van der Waals surface area (Å²) < 4.78 is 12.3. The first-order valence-corrected chi connectivity index (χ1v) is 8.97. The van der Waals surface area contributed by atoms with Crippen molar-refractivity contribution in [2.24, 2.45) is 0 Å². The first-order valence-electron chi connectivity index (χ1n) is 8.15. The van der Waals surface area contributed by atoms with Gasteiger partial charge in [0.2, 0.25) is 0 Å². The van der Waals surface area contributed by atoms with Crippen molar-refractivity contribution in [3.05, 3.63) is 47.6 Å². The second-order valence-corrected chi connectivity index (χ2v) is 6.78. The third kappa shape index (κ3) is 2.81. The van der Waals surface area contributed by atoms with Crippen molar-refractivity contribution in [3.8, 4) is 33.6 Å². The highest BCUT2D eigenvalue weighted by Gasteiger charge is 2.23. The number of imidazole rings is 1. The van der Waals surface area contributed by atoms with Gasteiger partial charge in [-0.15, -0.1) is 0 Å². The largest absolute Gasteiger partial charge is 0.507 e.